The van der Waals surface area contributed by atoms with Crippen LogP contribution in [-0.2, 0) is 23.8 Å². The molecule has 2 aliphatic rings. The molecule has 5 unspecified atom stereocenters. The quantitative estimate of drug-likeness (QED) is 0.728. The number of fused-ring (bicyclic) bond motifs is 2. The normalized spacial score (nSPS) is 35.9. The van der Waals surface area contributed by atoms with Gasteiger partial charge >= 0.3 is 0 Å². The van der Waals surface area contributed by atoms with Crippen molar-refractivity contribution in [3.63, 3.8) is 0 Å². The Balaban J connectivity index is 1.83. The molecule has 21 heavy (non-hydrogen) atoms. The lowest BCUT2D eigenvalue weighted by atomic mass is 10.0. The van der Waals surface area contributed by atoms with E-state index in [0.717, 1.165) is 5.56 Å². The molecule has 0 saturated carbocycles. The Bertz CT molecular complexity index is 612. The van der Waals surface area contributed by atoms with Gasteiger partial charge < -0.3 is 19.7 Å². The molecule has 0 spiro atoms. The van der Waals surface area contributed by atoms with E-state index in [1.165, 1.54) is 12.1 Å². The summed E-state index contributed by atoms with van der Waals surface area (Å²) in [6.45, 7) is 1.92. The molecule has 116 valence electrons. The zero-order valence-corrected chi connectivity index (χ0v) is 12.1. The van der Waals surface area contributed by atoms with Gasteiger partial charge in [0.1, 0.15) is 18.3 Å². The monoisotopic (exact) mass is 316 g/mol. The molecule has 2 bridgehead atoms. The first-order valence-electron chi connectivity index (χ1n) is 6.51. The van der Waals surface area contributed by atoms with Gasteiger partial charge in [-0.1, -0.05) is 17.7 Å². The molecule has 1 aromatic carbocycles. The summed E-state index contributed by atoms with van der Waals surface area (Å²) in [5.41, 5.74) is 0.910. The highest BCUT2D eigenvalue weighted by Gasteiger charge is 2.52. The molecule has 2 saturated heterocycles. The van der Waals surface area contributed by atoms with E-state index in [0.29, 0.717) is 0 Å². The highest BCUT2D eigenvalue weighted by Crippen LogP contribution is 2.32. The van der Waals surface area contributed by atoms with Crippen molar-refractivity contribution >= 4 is 10.1 Å². The Morgan fingerprint density at radius 1 is 1.19 bits per heavy atom. The fourth-order valence-corrected chi connectivity index (χ4v) is 3.45. The fraction of sp³-hybridized carbons (Fsp3) is 0.538. The first-order chi connectivity index (χ1) is 9.88. The van der Waals surface area contributed by atoms with E-state index in [-0.39, 0.29) is 11.5 Å². The maximum absolute atomic E-state index is 12.2. The van der Waals surface area contributed by atoms with E-state index in [9.17, 15) is 18.6 Å². The van der Waals surface area contributed by atoms with Gasteiger partial charge in [-0.3, -0.25) is 4.18 Å². The maximum Gasteiger partial charge on any atom is 0.297 e. The van der Waals surface area contributed by atoms with Crippen LogP contribution in [-0.4, -0.2) is 55.9 Å². The summed E-state index contributed by atoms with van der Waals surface area (Å²) in [6, 6.07) is 6.10. The van der Waals surface area contributed by atoms with Crippen LogP contribution in [0.15, 0.2) is 29.2 Å². The topological polar surface area (TPSA) is 102 Å². The van der Waals surface area contributed by atoms with Crippen molar-refractivity contribution in [3.8, 4) is 0 Å². The Morgan fingerprint density at radius 2 is 1.86 bits per heavy atom. The third-order valence-corrected chi connectivity index (χ3v) is 4.94. The lowest BCUT2D eigenvalue weighted by Gasteiger charge is -2.34. The number of aryl methyl sites for hydroxylation is 1. The van der Waals surface area contributed by atoms with Crippen LogP contribution in [0.25, 0.3) is 0 Å². The molecule has 2 aliphatic heterocycles. The van der Waals surface area contributed by atoms with Gasteiger partial charge in [-0.15, -0.1) is 0 Å². The summed E-state index contributed by atoms with van der Waals surface area (Å²) in [5, 5.41) is 19.8. The van der Waals surface area contributed by atoms with Crippen molar-refractivity contribution in [2.75, 3.05) is 6.61 Å². The molecule has 0 aromatic heterocycles. The molecule has 3 rings (SSSR count). The summed E-state index contributed by atoms with van der Waals surface area (Å²) in [5.74, 6) is 0. The van der Waals surface area contributed by atoms with E-state index >= 15 is 0 Å². The third kappa shape index (κ3) is 2.70. The first kappa shape index (κ1) is 14.9. The van der Waals surface area contributed by atoms with E-state index in [1.54, 1.807) is 12.1 Å². The van der Waals surface area contributed by atoms with Crippen LogP contribution < -0.4 is 0 Å². The van der Waals surface area contributed by atoms with Gasteiger partial charge in [0.05, 0.1) is 11.5 Å². The second-order valence-corrected chi connectivity index (χ2v) is 6.76. The summed E-state index contributed by atoms with van der Waals surface area (Å²) < 4.78 is 39.9. The molecule has 7 nitrogen and oxygen atoms in total. The molecule has 8 heteroatoms. The lowest BCUT2D eigenvalue weighted by Crippen LogP contribution is -2.55. The minimum absolute atomic E-state index is 0.0325. The standard InChI is InChI=1S/C13H16O7S/c1-7-2-4-8(5-3-7)21(16,17)20-12-11(15)10(14)9-6-18-13(12)19-9/h2-5,9-15H,6H2,1H3. The van der Waals surface area contributed by atoms with Crippen LogP contribution >= 0.6 is 0 Å². The number of hydrogen-bond donors (Lipinski definition) is 2. The van der Waals surface area contributed by atoms with E-state index in [1.807, 2.05) is 6.92 Å². The van der Waals surface area contributed by atoms with E-state index < -0.39 is 40.8 Å². The number of benzene rings is 1. The molecule has 2 N–H and O–H groups in total. The SMILES string of the molecule is Cc1ccc(S(=O)(=O)OC2C3OCC(O3)C(O)C2O)cc1. The Kier molecular flexibility index (Phi) is 3.76. The number of aliphatic hydroxyl groups excluding tert-OH is 2. The van der Waals surface area contributed by atoms with Crippen molar-refractivity contribution in [1.82, 2.24) is 0 Å². The number of aliphatic hydroxyl groups is 2. The summed E-state index contributed by atoms with van der Waals surface area (Å²) in [7, 11) is -4.09. The van der Waals surface area contributed by atoms with Crippen LogP contribution in [0.5, 0.6) is 0 Å². The molecule has 0 aliphatic carbocycles. The predicted octanol–water partition coefficient (Wildman–Crippen LogP) is -0.454. The molecule has 5 atom stereocenters. The molecular formula is C13H16O7S. The molecule has 0 amide bonds. The van der Waals surface area contributed by atoms with Crippen molar-refractivity contribution in [2.24, 2.45) is 0 Å². The van der Waals surface area contributed by atoms with Crippen LogP contribution in [0.3, 0.4) is 0 Å². The van der Waals surface area contributed by atoms with E-state index in [4.69, 9.17) is 13.7 Å². The van der Waals surface area contributed by atoms with Crippen molar-refractivity contribution in [3.05, 3.63) is 29.8 Å². The molecule has 1 aromatic rings. The molecule has 0 radical (unpaired) electrons. The lowest BCUT2D eigenvalue weighted by molar-refractivity contribution is -0.219. The average Bonchev–Trinajstić information content (AvgIpc) is 2.89. The minimum Gasteiger partial charge on any atom is -0.387 e. The number of hydrogen-bond acceptors (Lipinski definition) is 7. The molecule has 2 heterocycles. The summed E-state index contributed by atoms with van der Waals surface area (Å²) in [6.07, 6.45) is -5.61. The van der Waals surface area contributed by atoms with Gasteiger partial charge in [0.2, 0.25) is 0 Å². The van der Waals surface area contributed by atoms with E-state index in [2.05, 4.69) is 0 Å². The average molecular weight is 316 g/mol. The van der Waals surface area contributed by atoms with Gasteiger partial charge in [-0.05, 0) is 19.1 Å². The predicted molar refractivity (Wildman–Crippen MR) is 69.9 cm³/mol. The van der Waals surface area contributed by atoms with Gasteiger partial charge in [0.25, 0.3) is 10.1 Å². The minimum atomic E-state index is -4.09. The Labute approximate surface area is 122 Å². The number of ether oxygens (including phenoxy) is 2. The van der Waals surface area contributed by atoms with Crippen LogP contribution in [0.2, 0.25) is 0 Å². The summed E-state index contributed by atoms with van der Waals surface area (Å²) >= 11 is 0. The second kappa shape index (κ2) is 5.31. The second-order valence-electron chi connectivity index (χ2n) is 5.19. The number of rotatable bonds is 3. The van der Waals surface area contributed by atoms with Crippen molar-refractivity contribution in [2.45, 2.75) is 42.5 Å². The molecule has 2 fully saturated rings. The van der Waals surface area contributed by atoms with Crippen LogP contribution in [0, 0.1) is 6.92 Å². The highest BCUT2D eigenvalue weighted by molar-refractivity contribution is 7.86. The largest absolute Gasteiger partial charge is 0.387 e. The van der Waals surface area contributed by atoms with Gasteiger partial charge in [-0.2, -0.15) is 8.42 Å². The van der Waals surface area contributed by atoms with Gasteiger partial charge in [0, 0.05) is 0 Å². The van der Waals surface area contributed by atoms with Crippen molar-refractivity contribution < 1.29 is 32.3 Å². The third-order valence-electron chi connectivity index (χ3n) is 3.62. The highest BCUT2D eigenvalue weighted by atomic mass is 32.2. The van der Waals surface area contributed by atoms with Crippen LogP contribution in [0.4, 0.5) is 0 Å². The van der Waals surface area contributed by atoms with Gasteiger partial charge in [-0.25, -0.2) is 0 Å². The fourth-order valence-electron chi connectivity index (χ4n) is 2.38. The first-order valence-corrected chi connectivity index (χ1v) is 7.92. The van der Waals surface area contributed by atoms with Crippen molar-refractivity contribution in [1.29, 1.82) is 0 Å². The maximum atomic E-state index is 12.2. The smallest absolute Gasteiger partial charge is 0.297 e. The zero-order valence-electron chi connectivity index (χ0n) is 11.2. The molecular weight excluding hydrogens is 300 g/mol. The Hall–Kier alpha value is -1.03. The van der Waals surface area contributed by atoms with Gasteiger partial charge in [0.15, 0.2) is 12.4 Å². The summed E-state index contributed by atoms with van der Waals surface area (Å²) in [4.78, 5) is -0.0325. The Morgan fingerprint density at radius 3 is 2.52 bits per heavy atom. The van der Waals surface area contributed by atoms with Crippen LogP contribution in [0.1, 0.15) is 5.56 Å². The zero-order chi connectivity index (χ0) is 15.2.